The second kappa shape index (κ2) is 6.56. The molecular formula is C14H16BrClF3N. The molecule has 1 nitrogen and oxygen atoms in total. The van der Waals surface area contributed by atoms with Gasteiger partial charge in [0.15, 0.2) is 0 Å². The number of rotatable bonds is 3. The maximum atomic E-state index is 12.6. The van der Waals surface area contributed by atoms with Crippen LogP contribution in [0.4, 0.5) is 18.9 Å². The average molecular weight is 371 g/mol. The number of hydrogen-bond donors (Lipinski definition) is 1. The molecule has 1 fully saturated rings. The highest BCUT2D eigenvalue weighted by molar-refractivity contribution is 9.10. The number of halogens is 5. The summed E-state index contributed by atoms with van der Waals surface area (Å²) >= 11 is 9.46. The van der Waals surface area contributed by atoms with E-state index in [1.54, 1.807) is 0 Å². The Morgan fingerprint density at radius 2 is 1.95 bits per heavy atom. The summed E-state index contributed by atoms with van der Waals surface area (Å²) in [6.45, 7) is 0.693. The number of hydrogen-bond acceptors (Lipinski definition) is 1. The minimum absolute atomic E-state index is 0.157. The molecule has 2 rings (SSSR count). The van der Waals surface area contributed by atoms with Crippen molar-refractivity contribution in [2.24, 2.45) is 5.92 Å². The minimum Gasteiger partial charge on any atom is -0.384 e. The monoisotopic (exact) mass is 369 g/mol. The lowest BCUT2D eigenvalue weighted by Crippen LogP contribution is -2.26. The van der Waals surface area contributed by atoms with E-state index in [9.17, 15) is 13.2 Å². The van der Waals surface area contributed by atoms with Crippen molar-refractivity contribution in [1.82, 2.24) is 0 Å². The molecule has 2 atom stereocenters. The SMILES string of the molecule is FC(F)(F)c1ccc(NCC2CCCCC2Cl)c(Br)c1. The molecule has 1 N–H and O–H groups in total. The van der Waals surface area contributed by atoms with Crippen LogP contribution >= 0.6 is 27.5 Å². The van der Waals surface area contributed by atoms with Gasteiger partial charge in [0.05, 0.1) is 5.56 Å². The van der Waals surface area contributed by atoms with Crippen molar-refractivity contribution < 1.29 is 13.2 Å². The first-order valence-electron chi connectivity index (χ1n) is 6.62. The molecule has 0 saturated heterocycles. The third kappa shape index (κ3) is 4.04. The molecular weight excluding hydrogens is 355 g/mol. The van der Waals surface area contributed by atoms with Crippen LogP contribution in [0.15, 0.2) is 22.7 Å². The second-order valence-electron chi connectivity index (χ2n) is 5.13. The maximum absolute atomic E-state index is 12.6. The summed E-state index contributed by atoms with van der Waals surface area (Å²) in [5.41, 5.74) is 0.0234. The predicted molar refractivity (Wildman–Crippen MR) is 79.2 cm³/mol. The topological polar surface area (TPSA) is 12.0 Å². The summed E-state index contributed by atoms with van der Waals surface area (Å²) in [5.74, 6) is 0.375. The smallest absolute Gasteiger partial charge is 0.384 e. The molecule has 0 radical (unpaired) electrons. The second-order valence-corrected chi connectivity index (χ2v) is 6.55. The van der Waals surface area contributed by atoms with Gasteiger partial charge in [-0.25, -0.2) is 0 Å². The third-order valence-corrected chi connectivity index (χ3v) is 4.90. The van der Waals surface area contributed by atoms with Gasteiger partial charge < -0.3 is 5.32 Å². The summed E-state index contributed by atoms with van der Waals surface area (Å²) < 4.78 is 38.1. The lowest BCUT2D eigenvalue weighted by Gasteiger charge is -2.27. The van der Waals surface area contributed by atoms with Crippen LogP contribution in [0.25, 0.3) is 0 Å². The number of alkyl halides is 4. The van der Waals surface area contributed by atoms with E-state index in [0.29, 0.717) is 22.6 Å². The molecule has 0 spiro atoms. The first-order valence-corrected chi connectivity index (χ1v) is 7.85. The first kappa shape index (κ1) is 16.0. The van der Waals surface area contributed by atoms with E-state index >= 15 is 0 Å². The molecule has 112 valence electrons. The standard InChI is InChI=1S/C14H16BrClF3N/c15-11-7-10(14(17,18)19)5-6-13(11)20-8-9-3-1-2-4-12(9)16/h5-7,9,12,20H,1-4,8H2. The molecule has 2 unspecified atom stereocenters. The van der Waals surface area contributed by atoms with Gasteiger partial charge >= 0.3 is 6.18 Å². The van der Waals surface area contributed by atoms with Gasteiger partial charge in [0.1, 0.15) is 0 Å². The molecule has 0 aromatic heterocycles. The number of benzene rings is 1. The van der Waals surface area contributed by atoms with E-state index in [1.807, 2.05) is 0 Å². The first-order chi connectivity index (χ1) is 9.38. The van der Waals surface area contributed by atoms with Crippen molar-refractivity contribution in [2.75, 3.05) is 11.9 Å². The van der Waals surface area contributed by atoms with Crippen LogP contribution in [0.3, 0.4) is 0 Å². The molecule has 1 aromatic rings. The lowest BCUT2D eigenvalue weighted by atomic mass is 9.88. The van der Waals surface area contributed by atoms with Gasteiger partial charge in [-0.3, -0.25) is 0 Å². The number of nitrogens with one attached hydrogen (secondary N) is 1. The van der Waals surface area contributed by atoms with Gasteiger partial charge in [-0.2, -0.15) is 13.2 Å². The van der Waals surface area contributed by atoms with Crippen molar-refractivity contribution in [2.45, 2.75) is 37.2 Å². The van der Waals surface area contributed by atoms with E-state index in [1.165, 1.54) is 12.5 Å². The van der Waals surface area contributed by atoms with Crippen molar-refractivity contribution in [3.8, 4) is 0 Å². The molecule has 0 amide bonds. The molecule has 1 aliphatic carbocycles. The summed E-state index contributed by atoms with van der Waals surface area (Å²) in [5, 5.41) is 3.35. The molecule has 1 aliphatic rings. The number of anilines is 1. The molecule has 20 heavy (non-hydrogen) atoms. The predicted octanol–water partition coefficient (Wildman–Crippen LogP) is 5.68. The Hall–Kier alpha value is -0.420. The highest BCUT2D eigenvalue weighted by Crippen LogP contribution is 2.34. The third-order valence-electron chi connectivity index (χ3n) is 3.67. The van der Waals surface area contributed by atoms with Gasteiger partial charge in [0, 0.05) is 22.1 Å². The van der Waals surface area contributed by atoms with Crippen LogP contribution in [-0.4, -0.2) is 11.9 Å². The summed E-state index contributed by atoms with van der Waals surface area (Å²) in [6.07, 6.45) is 0.103. The molecule has 0 heterocycles. The van der Waals surface area contributed by atoms with Crippen molar-refractivity contribution in [1.29, 1.82) is 0 Å². The highest BCUT2D eigenvalue weighted by Gasteiger charge is 2.31. The molecule has 0 aliphatic heterocycles. The highest BCUT2D eigenvalue weighted by atomic mass is 79.9. The van der Waals surface area contributed by atoms with Crippen LogP contribution in [0.2, 0.25) is 0 Å². The Bertz CT molecular complexity index is 464. The maximum Gasteiger partial charge on any atom is 0.416 e. The van der Waals surface area contributed by atoms with Gasteiger partial charge in [0.2, 0.25) is 0 Å². The zero-order chi connectivity index (χ0) is 14.8. The Kier molecular flexibility index (Phi) is 5.24. The fraction of sp³-hybridized carbons (Fsp3) is 0.571. The zero-order valence-electron chi connectivity index (χ0n) is 10.8. The Morgan fingerprint density at radius 3 is 2.55 bits per heavy atom. The Balaban J connectivity index is 1.99. The fourth-order valence-electron chi connectivity index (χ4n) is 2.47. The zero-order valence-corrected chi connectivity index (χ0v) is 13.2. The minimum atomic E-state index is -4.31. The van der Waals surface area contributed by atoms with Crippen LogP contribution in [0, 0.1) is 5.92 Å². The van der Waals surface area contributed by atoms with E-state index in [2.05, 4.69) is 21.2 Å². The van der Waals surface area contributed by atoms with E-state index < -0.39 is 11.7 Å². The van der Waals surface area contributed by atoms with E-state index in [0.717, 1.165) is 31.4 Å². The van der Waals surface area contributed by atoms with Crippen LogP contribution in [0.1, 0.15) is 31.2 Å². The summed E-state index contributed by atoms with van der Waals surface area (Å²) in [6, 6.07) is 3.65. The van der Waals surface area contributed by atoms with E-state index in [4.69, 9.17) is 11.6 Å². The molecule has 6 heteroatoms. The largest absolute Gasteiger partial charge is 0.416 e. The van der Waals surface area contributed by atoms with Crippen molar-refractivity contribution >= 4 is 33.2 Å². The Morgan fingerprint density at radius 1 is 1.25 bits per heavy atom. The summed E-state index contributed by atoms with van der Waals surface area (Å²) in [7, 11) is 0. The lowest BCUT2D eigenvalue weighted by molar-refractivity contribution is -0.137. The van der Waals surface area contributed by atoms with Gasteiger partial charge in [-0.05, 0) is 52.9 Å². The quantitative estimate of drug-likeness (QED) is 0.675. The van der Waals surface area contributed by atoms with Gasteiger partial charge in [-0.15, -0.1) is 11.6 Å². The van der Waals surface area contributed by atoms with Crippen LogP contribution in [-0.2, 0) is 6.18 Å². The molecule has 1 aromatic carbocycles. The van der Waals surface area contributed by atoms with Gasteiger partial charge in [-0.1, -0.05) is 12.8 Å². The summed E-state index contributed by atoms with van der Waals surface area (Å²) in [4.78, 5) is 0. The average Bonchev–Trinajstić information content (AvgIpc) is 2.38. The Labute approximate surface area is 130 Å². The van der Waals surface area contributed by atoms with Gasteiger partial charge in [0.25, 0.3) is 0 Å². The fourth-order valence-corrected chi connectivity index (χ4v) is 3.36. The normalized spacial score (nSPS) is 23.6. The van der Waals surface area contributed by atoms with Crippen LogP contribution < -0.4 is 5.32 Å². The van der Waals surface area contributed by atoms with Crippen molar-refractivity contribution in [3.63, 3.8) is 0 Å². The molecule has 1 saturated carbocycles. The van der Waals surface area contributed by atoms with Crippen LogP contribution in [0.5, 0.6) is 0 Å². The molecule has 0 bridgehead atoms. The van der Waals surface area contributed by atoms with Crippen molar-refractivity contribution in [3.05, 3.63) is 28.2 Å². The van der Waals surface area contributed by atoms with E-state index in [-0.39, 0.29) is 5.38 Å².